The van der Waals surface area contributed by atoms with E-state index in [0.29, 0.717) is 32.7 Å². The van der Waals surface area contributed by atoms with Crippen LogP contribution >= 0.6 is 0 Å². The van der Waals surface area contributed by atoms with Crippen molar-refractivity contribution in [2.75, 3.05) is 32.7 Å². The number of amidine groups is 1. The summed E-state index contributed by atoms with van der Waals surface area (Å²) in [6, 6.07) is 0. The number of nitrogens with two attached hydrogens (primary N) is 1. The Morgan fingerprint density at radius 3 is 2.68 bits per heavy atom. The maximum atomic E-state index is 12.2. The van der Waals surface area contributed by atoms with Gasteiger partial charge in [-0.3, -0.25) is 10.00 Å². The van der Waals surface area contributed by atoms with E-state index in [1.54, 1.807) is 0 Å². The average molecular weight is 288 g/mol. The van der Waals surface area contributed by atoms with E-state index < -0.39 is 10.0 Å². The van der Waals surface area contributed by atoms with Gasteiger partial charge in [0.25, 0.3) is 0 Å². The van der Waals surface area contributed by atoms with Crippen LogP contribution in [0, 0.1) is 0 Å². The molecule has 0 amide bonds. The molecule has 1 fully saturated rings. The minimum atomic E-state index is -3.47. The normalized spacial score (nSPS) is 19.7. The molecule has 1 saturated heterocycles. The van der Waals surface area contributed by atoms with E-state index in [1.165, 1.54) is 16.7 Å². The van der Waals surface area contributed by atoms with Crippen LogP contribution in [0.1, 0.15) is 0 Å². The number of oxime groups is 1. The van der Waals surface area contributed by atoms with Crippen LogP contribution in [0.5, 0.6) is 0 Å². The smallest absolute Gasteiger partial charge is 0.246 e. The molecule has 0 spiro atoms. The maximum absolute atomic E-state index is 12.2. The van der Waals surface area contributed by atoms with Crippen molar-refractivity contribution in [3.63, 3.8) is 0 Å². The molecule has 10 heteroatoms. The van der Waals surface area contributed by atoms with Crippen molar-refractivity contribution in [1.29, 1.82) is 0 Å². The molecule has 19 heavy (non-hydrogen) atoms. The SMILES string of the molecule is NC(CN1CCN(S(=O)(=O)c2cn[nH]c2)CC1)=NO. The number of aromatic amines is 1. The molecule has 1 aromatic heterocycles. The Balaban J connectivity index is 1.97. The molecule has 0 atom stereocenters. The molecule has 0 unspecified atom stereocenters. The fourth-order valence-corrected chi connectivity index (χ4v) is 3.25. The maximum Gasteiger partial charge on any atom is 0.246 e. The average Bonchev–Trinajstić information content (AvgIpc) is 2.94. The number of H-pyrrole nitrogens is 1. The first kappa shape index (κ1) is 13.8. The Kier molecular flexibility index (Phi) is 4.02. The summed E-state index contributed by atoms with van der Waals surface area (Å²) in [6.07, 6.45) is 2.65. The number of piperazine rings is 1. The highest BCUT2D eigenvalue weighted by atomic mass is 32.2. The lowest BCUT2D eigenvalue weighted by Gasteiger charge is -2.33. The molecule has 0 saturated carbocycles. The molecule has 1 aromatic rings. The largest absolute Gasteiger partial charge is 0.409 e. The molecule has 2 rings (SSSR count). The number of hydrogen-bond acceptors (Lipinski definition) is 6. The zero-order valence-corrected chi connectivity index (χ0v) is 11.0. The Bertz CT molecular complexity index is 532. The van der Waals surface area contributed by atoms with Crippen molar-refractivity contribution in [2.24, 2.45) is 10.9 Å². The van der Waals surface area contributed by atoms with E-state index in [-0.39, 0.29) is 10.7 Å². The third-order valence-corrected chi connectivity index (χ3v) is 4.82. The lowest BCUT2D eigenvalue weighted by atomic mass is 10.3. The number of hydrogen-bond donors (Lipinski definition) is 3. The zero-order valence-electron chi connectivity index (χ0n) is 10.2. The van der Waals surface area contributed by atoms with Crippen molar-refractivity contribution in [1.82, 2.24) is 19.4 Å². The van der Waals surface area contributed by atoms with Crippen molar-refractivity contribution in [3.8, 4) is 0 Å². The minimum Gasteiger partial charge on any atom is -0.409 e. The van der Waals surface area contributed by atoms with Gasteiger partial charge >= 0.3 is 0 Å². The van der Waals surface area contributed by atoms with Gasteiger partial charge in [0.2, 0.25) is 10.0 Å². The number of aromatic nitrogens is 2. The third kappa shape index (κ3) is 3.03. The highest BCUT2D eigenvalue weighted by Crippen LogP contribution is 2.15. The Labute approximate surface area is 110 Å². The van der Waals surface area contributed by atoms with E-state index >= 15 is 0 Å². The summed E-state index contributed by atoms with van der Waals surface area (Å²) >= 11 is 0. The number of nitrogens with one attached hydrogen (secondary N) is 1. The van der Waals surface area contributed by atoms with Gasteiger partial charge in [0.1, 0.15) is 4.90 Å². The third-order valence-electron chi connectivity index (χ3n) is 2.96. The first-order valence-electron chi connectivity index (χ1n) is 5.71. The second-order valence-corrected chi connectivity index (χ2v) is 6.14. The Hall–Kier alpha value is -1.65. The summed E-state index contributed by atoms with van der Waals surface area (Å²) in [7, 11) is -3.47. The highest BCUT2D eigenvalue weighted by molar-refractivity contribution is 7.89. The van der Waals surface area contributed by atoms with E-state index in [9.17, 15) is 8.42 Å². The summed E-state index contributed by atoms with van der Waals surface area (Å²) in [4.78, 5) is 2.09. The van der Waals surface area contributed by atoms with E-state index in [1.807, 2.05) is 4.90 Å². The van der Waals surface area contributed by atoms with E-state index in [4.69, 9.17) is 10.9 Å². The van der Waals surface area contributed by atoms with Crippen molar-refractivity contribution < 1.29 is 13.6 Å². The second-order valence-electron chi connectivity index (χ2n) is 4.21. The standard InChI is InChI=1S/C9H16N6O3S/c10-9(13-16)7-14-1-3-15(4-2-14)19(17,18)8-5-11-12-6-8/h5-6,16H,1-4,7H2,(H2,10,13)(H,11,12). The van der Waals surface area contributed by atoms with E-state index in [0.717, 1.165) is 0 Å². The lowest BCUT2D eigenvalue weighted by molar-refractivity contribution is 0.206. The molecule has 2 heterocycles. The highest BCUT2D eigenvalue weighted by Gasteiger charge is 2.29. The Morgan fingerprint density at radius 2 is 2.16 bits per heavy atom. The summed E-state index contributed by atoms with van der Waals surface area (Å²) in [5.41, 5.74) is 5.42. The van der Waals surface area contributed by atoms with Gasteiger partial charge in [-0.2, -0.15) is 9.40 Å². The predicted octanol–water partition coefficient (Wildman–Crippen LogP) is -1.54. The van der Waals surface area contributed by atoms with Crippen LogP contribution < -0.4 is 5.73 Å². The fourth-order valence-electron chi connectivity index (χ4n) is 1.92. The van der Waals surface area contributed by atoms with Crippen LogP contribution in [0.25, 0.3) is 0 Å². The van der Waals surface area contributed by atoms with Gasteiger partial charge in [-0.15, -0.1) is 0 Å². The zero-order chi connectivity index (χ0) is 13.9. The molecule has 9 nitrogen and oxygen atoms in total. The molecule has 1 aliphatic heterocycles. The second kappa shape index (κ2) is 5.55. The van der Waals surface area contributed by atoms with Gasteiger partial charge < -0.3 is 10.9 Å². The van der Waals surface area contributed by atoms with Crippen LogP contribution in [0.2, 0.25) is 0 Å². The lowest BCUT2D eigenvalue weighted by Crippen LogP contribution is -2.50. The fraction of sp³-hybridized carbons (Fsp3) is 0.556. The first-order chi connectivity index (χ1) is 9.04. The van der Waals surface area contributed by atoms with Crippen molar-refractivity contribution in [2.45, 2.75) is 4.90 Å². The summed E-state index contributed by atoms with van der Waals surface area (Å²) in [5, 5.41) is 17.5. The van der Waals surface area contributed by atoms with Crippen LogP contribution in [0.4, 0.5) is 0 Å². The van der Waals surface area contributed by atoms with Crippen LogP contribution in [0.3, 0.4) is 0 Å². The van der Waals surface area contributed by atoms with Gasteiger partial charge in [-0.05, 0) is 0 Å². The molecule has 0 radical (unpaired) electrons. The molecule has 0 bridgehead atoms. The molecular weight excluding hydrogens is 272 g/mol. The molecule has 0 aromatic carbocycles. The van der Waals surface area contributed by atoms with Gasteiger partial charge in [-0.25, -0.2) is 8.42 Å². The van der Waals surface area contributed by atoms with Gasteiger partial charge in [-0.1, -0.05) is 5.16 Å². The molecule has 0 aliphatic carbocycles. The van der Waals surface area contributed by atoms with E-state index in [2.05, 4.69) is 15.4 Å². The van der Waals surface area contributed by atoms with Crippen molar-refractivity contribution >= 4 is 15.9 Å². The van der Waals surface area contributed by atoms with Crippen molar-refractivity contribution in [3.05, 3.63) is 12.4 Å². The summed E-state index contributed by atoms with van der Waals surface area (Å²) < 4.78 is 25.8. The predicted molar refractivity (Wildman–Crippen MR) is 67.2 cm³/mol. The topological polar surface area (TPSA) is 128 Å². The van der Waals surface area contributed by atoms with Crippen LogP contribution in [0.15, 0.2) is 22.4 Å². The molecule has 4 N–H and O–H groups in total. The van der Waals surface area contributed by atoms with Crippen LogP contribution in [-0.2, 0) is 10.0 Å². The minimum absolute atomic E-state index is 0.117. The summed E-state index contributed by atoms with van der Waals surface area (Å²) in [6.45, 7) is 2.13. The molecule has 1 aliphatic rings. The number of rotatable bonds is 4. The quantitative estimate of drug-likeness (QED) is 0.267. The molecule has 106 valence electrons. The Morgan fingerprint density at radius 1 is 1.47 bits per heavy atom. The van der Waals surface area contributed by atoms with Crippen LogP contribution in [-0.4, -0.2) is 71.6 Å². The number of nitrogens with zero attached hydrogens (tertiary/aromatic N) is 4. The number of sulfonamides is 1. The van der Waals surface area contributed by atoms with Gasteiger partial charge in [0, 0.05) is 32.4 Å². The summed E-state index contributed by atoms with van der Waals surface area (Å²) in [5.74, 6) is 0.117. The first-order valence-corrected chi connectivity index (χ1v) is 7.15. The monoisotopic (exact) mass is 288 g/mol. The molecular formula is C9H16N6O3S. The van der Waals surface area contributed by atoms with Gasteiger partial charge in [0.15, 0.2) is 5.84 Å². The van der Waals surface area contributed by atoms with Gasteiger partial charge in [0.05, 0.1) is 12.7 Å².